The Hall–Kier alpha value is -3.28. The standard InChI is InChI=1S/C28H33Cl2N7O/c1-15(38)33-26-20-19(29)10-9-17(27(2,3)4)24(20)37(35-26)14-16-13-18(28(5,6)7)23-21(22(16)30)25(32-12-11-31)34-36(23)8/h9-10,13H,12,14H2,1-8H3,(H,32,34)(H,33,35,38). The van der Waals surface area contributed by atoms with Gasteiger partial charge in [0.25, 0.3) is 0 Å². The van der Waals surface area contributed by atoms with Crippen molar-refractivity contribution in [2.45, 2.75) is 65.8 Å². The van der Waals surface area contributed by atoms with Gasteiger partial charge in [-0.3, -0.25) is 14.2 Å². The molecule has 38 heavy (non-hydrogen) atoms. The molecule has 0 saturated carbocycles. The highest BCUT2D eigenvalue weighted by Crippen LogP contribution is 2.42. The molecule has 8 nitrogen and oxygen atoms in total. The molecule has 0 bridgehead atoms. The van der Waals surface area contributed by atoms with Crippen LogP contribution in [0.15, 0.2) is 18.2 Å². The Labute approximate surface area is 232 Å². The Bertz CT molecular complexity index is 1610. The molecule has 0 spiro atoms. The summed E-state index contributed by atoms with van der Waals surface area (Å²) in [5.74, 6) is 0.741. The number of carbonyl (C=O) groups excluding carboxylic acids is 1. The number of rotatable bonds is 5. The number of nitriles is 1. The Morgan fingerprint density at radius 3 is 2.24 bits per heavy atom. The summed E-state index contributed by atoms with van der Waals surface area (Å²) < 4.78 is 3.67. The highest BCUT2D eigenvalue weighted by atomic mass is 35.5. The zero-order valence-corrected chi connectivity index (χ0v) is 24.6. The predicted octanol–water partition coefficient (Wildman–Crippen LogP) is 6.77. The van der Waals surface area contributed by atoms with Crippen LogP contribution in [0.3, 0.4) is 0 Å². The molecule has 0 unspecified atom stereocenters. The van der Waals surface area contributed by atoms with Gasteiger partial charge in [-0.25, -0.2) is 0 Å². The minimum absolute atomic E-state index is 0.106. The molecule has 4 rings (SSSR count). The molecule has 2 aromatic heterocycles. The molecule has 0 radical (unpaired) electrons. The highest BCUT2D eigenvalue weighted by Gasteiger charge is 2.28. The summed E-state index contributed by atoms with van der Waals surface area (Å²) >= 11 is 13.8. The smallest absolute Gasteiger partial charge is 0.222 e. The summed E-state index contributed by atoms with van der Waals surface area (Å²) in [6, 6.07) is 8.07. The van der Waals surface area contributed by atoms with Crippen LogP contribution < -0.4 is 10.6 Å². The monoisotopic (exact) mass is 553 g/mol. The summed E-state index contributed by atoms with van der Waals surface area (Å²) in [4.78, 5) is 12.0. The Balaban J connectivity index is 2.04. The van der Waals surface area contributed by atoms with Crippen LogP contribution in [0.4, 0.5) is 11.6 Å². The fourth-order valence-corrected chi connectivity index (χ4v) is 5.39. The molecule has 2 aromatic carbocycles. The molecule has 200 valence electrons. The maximum absolute atomic E-state index is 12.0. The first-order chi connectivity index (χ1) is 17.6. The van der Waals surface area contributed by atoms with Crippen LogP contribution in [0.5, 0.6) is 0 Å². The van der Waals surface area contributed by atoms with Gasteiger partial charge in [0, 0.05) is 14.0 Å². The van der Waals surface area contributed by atoms with E-state index in [1.54, 1.807) is 4.68 Å². The van der Waals surface area contributed by atoms with E-state index in [1.165, 1.54) is 6.92 Å². The van der Waals surface area contributed by atoms with E-state index in [4.69, 9.17) is 33.6 Å². The molecule has 10 heteroatoms. The summed E-state index contributed by atoms with van der Waals surface area (Å²) in [6.07, 6.45) is 0. The third kappa shape index (κ3) is 4.93. The third-order valence-electron chi connectivity index (χ3n) is 6.53. The molecule has 0 atom stereocenters. The second-order valence-corrected chi connectivity index (χ2v) is 12.4. The number of nitrogens with zero attached hydrogens (tertiary/aromatic N) is 5. The lowest BCUT2D eigenvalue weighted by molar-refractivity contribution is -0.114. The summed E-state index contributed by atoms with van der Waals surface area (Å²) in [6.45, 7) is 14.7. The van der Waals surface area contributed by atoms with E-state index in [0.717, 1.165) is 33.1 Å². The fraction of sp³-hybridized carbons (Fsp3) is 0.429. The second kappa shape index (κ2) is 9.79. The Morgan fingerprint density at radius 1 is 1.00 bits per heavy atom. The summed E-state index contributed by atoms with van der Waals surface area (Å²) in [5, 5.41) is 27.0. The first-order valence-electron chi connectivity index (χ1n) is 12.4. The number of nitrogens with one attached hydrogen (secondary N) is 2. The average Bonchev–Trinajstić information content (AvgIpc) is 3.30. The minimum atomic E-state index is -0.230. The topological polar surface area (TPSA) is 101 Å². The number of benzene rings is 2. The van der Waals surface area contributed by atoms with Crippen LogP contribution in [0, 0.1) is 11.3 Å². The number of hydrogen-bond acceptors (Lipinski definition) is 5. The largest absolute Gasteiger partial charge is 0.355 e. The Kier molecular flexibility index (Phi) is 7.15. The number of anilines is 2. The third-order valence-corrected chi connectivity index (χ3v) is 7.28. The lowest BCUT2D eigenvalue weighted by Gasteiger charge is -2.24. The van der Waals surface area contributed by atoms with Gasteiger partial charge in [0.1, 0.15) is 6.54 Å². The molecule has 0 aliphatic rings. The van der Waals surface area contributed by atoms with Gasteiger partial charge in [-0.05, 0) is 39.7 Å². The van der Waals surface area contributed by atoms with E-state index in [2.05, 4.69) is 69.4 Å². The first-order valence-corrected chi connectivity index (χ1v) is 13.2. The first kappa shape index (κ1) is 27.7. The van der Waals surface area contributed by atoms with Crippen molar-refractivity contribution in [2.24, 2.45) is 7.05 Å². The van der Waals surface area contributed by atoms with Crippen LogP contribution in [0.25, 0.3) is 21.8 Å². The number of aromatic nitrogens is 4. The maximum Gasteiger partial charge on any atom is 0.222 e. The van der Waals surface area contributed by atoms with Crippen molar-refractivity contribution in [1.82, 2.24) is 19.6 Å². The Morgan fingerprint density at radius 2 is 1.66 bits per heavy atom. The average molecular weight is 555 g/mol. The van der Waals surface area contributed by atoms with Crippen molar-refractivity contribution in [3.05, 3.63) is 44.9 Å². The van der Waals surface area contributed by atoms with Gasteiger partial charge in [0.05, 0.1) is 44.5 Å². The van der Waals surface area contributed by atoms with Crippen LogP contribution in [-0.2, 0) is 29.2 Å². The van der Waals surface area contributed by atoms with E-state index >= 15 is 0 Å². The molecule has 1 amide bonds. The van der Waals surface area contributed by atoms with Crippen molar-refractivity contribution in [1.29, 1.82) is 5.26 Å². The van der Waals surface area contributed by atoms with Gasteiger partial charge < -0.3 is 10.6 Å². The molecule has 0 saturated heterocycles. The molecule has 0 fully saturated rings. The SMILES string of the molecule is CC(=O)Nc1nn(Cc2cc(C(C)(C)C)c3c(c(NCC#N)nn3C)c2Cl)c2c(C(C)(C)C)ccc(Cl)c12. The zero-order chi connectivity index (χ0) is 28.2. The van der Waals surface area contributed by atoms with Crippen molar-refractivity contribution in [3.8, 4) is 6.07 Å². The number of amides is 1. The van der Waals surface area contributed by atoms with Gasteiger partial charge in [-0.2, -0.15) is 15.5 Å². The summed E-state index contributed by atoms with van der Waals surface area (Å²) in [7, 11) is 1.88. The van der Waals surface area contributed by atoms with Gasteiger partial charge in [-0.1, -0.05) is 70.8 Å². The number of halogens is 2. The zero-order valence-electron chi connectivity index (χ0n) is 23.0. The fourth-order valence-electron chi connectivity index (χ4n) is 4.86. The van der Waals surface area contributed by atoms with Gasteiger partial charge in [-0.15, -0.1) is 0 Å². The number of fused-ring (bicyclic) bond motifs is 2. The van der Waals surface area contributed by atoms with Crippen molar-refractivity contribution in [2.75, 3.05) is 17.2 Å². The van der Waals surface area contributed by atoms with E-state index in [1.807, 2.05) is 23.9 Å². The van der Waals surface area contributed by atoms with E-state index in [9.17, 15) is 4.79 Å². The molecule has 4 aromatic rings. The minimum Gasteiger partial charge on any atom is -0.355 e. The van der Waals surface area contributed by atoms with Crippen LogP contribution in [0.1, 0.15) is 65.2 Å². The molecular weight excluding hydrogens is 521 g/mol. The van der Waals surface area contributed by atoms with Gasteiger partial charge in [0.15, 0.2) is 11.6 Å². The number of hydrogen-bond donors (Lipinski definition) is 2. The van der Waals surface area contributed by atoms with Crippen molar-refractivity contribution in [3.63, 3.8) is 0 Å². The van der Waals surface area contributed by atoms with Gasteiger partial charge >= 0.3 is 0 Å². The van der Waals surface area contributed by atoms with Crippen LogP contribution >= 0.6 is 23.2 Å². The quantitative estimate of drug-likeness (QED) is 0.265. The van der Waals surface area contributed by atoms with Crippen molar-refractivity contribution < 1.29 is 4.79 Å². The number of aryl methyl sites for hydroxylation is 1. The number of carbonyl (C=O) groups is 1. The molecule has 2 N–H and O–H groups in total. The van der Waals surface area contributed by atoms with Gasteiger partial charge in [0.2, 0.25) is 5.91 Å². The lowest BCUT2D eigenvalue weighted by atomic mass is 9.84. The van der Waals surface area contributed by atoms with E-state index in [-0.39, 0.29) is 23.3 Å². The van der Waals surface area contributed by atoms with Crippen LogP contribution in [-0.4, -0.2) is 32.0 Å². The van der Waals surface area contributed by atoms with Crippen LogP contribution in [0.2, 0.25) is 10.0 Å². The van der Waals surface area contributed by atoms with E-state index < -0.39 is 0 Å². The van der Waals surface area contributed by atoms with Crippen molar-refractivity contribution >= 4 is 62.6 Å². The van der Waals surface area contributed by atoms with E-state index in [0.29, 0.717) is 33.6 Å². The molecular formula is C28H33Cl2N7O. The predicted molar refractivity (Wildman–Crippen MR) is 155 cm³/mol. The maximum atomic E-state index is 12.0. The summed E-state index contributed by atoms with van der Waals surface area (Å²) in [5.41, 5.74) is 4.29. The molecule has 0 aliphatic heterocycles. The second-order valence-electron chi connectivity index (χ2n) is 11.6. The lowest BCUT2D eigenvalue weighted by Crippen LogP contribution is -2.16. The normalized spacial score (nSPS) is 12.2. The molecule has 0 aliphatic carbocycles. The highest BCUT2D eigenvalue weighted by molar-refractivity contribution is 6.38. The molecule has 2 heterocycles.